The Hall–Kier alpha value is -1.46. The smallest absolute Gasteiger partial charge is 0.0897 e. The number of nitrogen functional groups attached to an aromatic ring is 1. The maximum absolute atomic E-state index is 5.80. The Bertz CT molecular complexity index is 481. The second-order valence-electron chi connectivity index (χ2n) is 3.82. The number of hydrogen-bond donors (Lipinski definition) is 2. The first-order valence-corrected chi connectivity index (χ1v) is 6.45. The molecule has 0 unspecified atom stereocenters. The van der Waals surface area contributed by atoms with Gasteiger partial charge in [-0.1, -0.05) is 0 Å². The van der Waals surface area contributed by atoms with Crippen molar-refractivity contribution in [1.82, 2.24) is 15.3 Å². The van der Waals surface area contributed by atoms with Gasteiger partial charge in [0, 0.05) is 31.1 Å². The Morgan fingerprint density at radius 3 is 3.06 bits per heavy atom. The molecule has 17 heavy (non-hydrogen) atoms. The van der Waals surface area contributed by atoms with Gasteiger partial charge >= 0.3 is 0 Å². The molecule has 0 saturated heterocycles. The first kappa shape index (κ1) is 12.0. The van der Waals surface area contributed by atoms with Crippen LogP contribution in [0.3, 0.4) is 0 Å². The first-order chi connectivity index (χ1) is 8.25. The first-order valence-electron chi connectivity index (χ1n) is 5.57. The van der Waals surface area contributed by atoms with Gasteiger partial charge in [-0.2, -0.15) is 0 Å². The molecular weight excluding hydrogens is 232 g/mol. The fourth-order valence-electron chi connectivity index (χ4n) is 1.54. The minimum atomic E-state index is 0.704. The summed E-state index contributed by atoms with van der Waals surface area (Å²) in [7, 11) is 0. The predicted molar refractivity (Wildman–Crippen MR) is 70.9 cm³/mol. The van der Waals surface area contributed by atoms with Crippen molar-refractivity contribution >= 4 is 17.0 Å². The van der Waals surface area contributed by atoms with Crippen LogP contribution in [0.15, 0.2) is 23.7 Å². The van der Waals surface area contributed by atoms with Crippen molar-refractivity contribution in [2.75, 3.05) is 12.3 Å². The monoisotopic (exact) mass is 248 g/mol. The zero-order chi connectivity index (χ0) is 12.1. The lowest BCUT2D eigenvalue weighted by Crippen LogP contribution is -2.18. The van der Waals surface area contributed by atoms with Crippen LogP contribution in [-0.4, -0.2) is 16.5 Å². The van der Waals surface area contributed by atoms with Gasteiger partial charge in [0.1, 0.15) is 0 Å². The van der Waals surface area contributed by atoms with Crippen LogP contribution in [0.5, 0.6) is 0 Å². The number of nitrogens with two attached hydrogens (primary N) is 1. The lowest BCUT2D eigenvalue weighted by atomic mass is 10.3. The number of aryl methyl sites for hydroxylation is 1. The third-order valence-electron chi connectivity index (χ3n) is 2.44. The summed E-state index contributed by atoms with van der Waals surface area (Å²) in [4.78, 5) is 8.64. The molecule has 0 aliphatic heterocycles. The molecule has 0 fully saturated rings. The quantitative estimate of drug-likeness (QED) is 0.791. The Labute approximate surface area is 105 Å². The van der Waals surface area contributed by atoms with Gasteiger partial charge in [0.25, 0.3) is 0 Å². The number of nitrogens with zero attached hydrogens (tertiary/aromatic N) is 2. The molecule has 0 saturated carbocycles. The number of nitrogens with one attached hydrogen (secondary N) is 1. The molecule has 5 heteroatoms. The van der Waals surface area contributed by atoms with Gasteiger partial charge in [-0.05, 0) is 19.1 Å². The van der Waals surface area contributed by atoms with E-state index in [0.717, 1.165) is 35.0 Å². The highest BCUT2D eigenvalue weighted by Gasteiger charge is 2.00. The maximum Gasteiger partial charge on any atom is 0.0897 e. The van der Waals surface area contributed by atoms with E-state index in [4.69, 9.17) is 5.73 Å². The number of hydrogen-bond acceptors (Lipinski definition) is 5. The number of thiazole rings is 1. The van der Waals surface area contributed by atoms with E-state index >= 15 is 0 Å². The van der Waals surface area contributed by atoms with E-state index in [1.54, 1.807) is 17.5 Å². The summed E-state index contributed by atoms with van der Waals surface area (Å²) in [6.45, 7) is 3.62. The molecule has 90 valence electrons. The highest BCUT2D eigenvalue weighted by atomic mass is 32.1. The normalized spacial score (nSPS) is 10.6. The molecule has 0 atom stereocenters. The molecule has 0 aliphatic carbocycles. The minimum absolute atomic E-state index is 0.704. The Morgan fingerprint density at radius 1 is 1.47 bits per heavy atom. The molecular formula is C12H16N4S. The third kappa shape index (κ3) is 3.51. The van der Waals surface area contributed by atoms with Crippen molar-refractivity contribution in [3.8, 4) is 0 Å². The van der Waals surface area contributed by atoms with Gasteiger partial charge in [-0.25, -0.2) is 4.98 Å². The van der Waals surface area contributed by atoms with Crippen LogP contribution in [0, 0.1) is 6.92 Å². The van der Waals surface area contributed by atoms with Crippen LogP contribution < -0.4 is 11.1 Å². The number of anilines is 1. The fourth-order valence-corrected chi connectivity index (χ4v) is 2.19. The van der Waals surface area contributed by atoms with Gasteiger partial charge in [-0.3, -0.25) is 4.98 Å². The van der Waals surface area contributed by atoms with Crippen molar-refractivity contribution in [2.24, 2.45) is 0 Å². The predicted octanol–water partition coefficient (Wildman–Crippen LogP) is 1.76. The molecule has 0 amide bonds. The molecule has 0 radical (unpaired) electrons. The third-order valence-corrected chi connectivity index (χ3v) is 3.26. The molecule has 2 rings (SSSR count). The SMILES string of the molecule is Cc1nc(CCNCc2ncccc2N)cs1. The van der Waals surface area contributed by atoms with E-state index in [1.807, 2.05) is 19.1 Å². The lowest BCUT2D eigenvalue weighted by molar-refractivity contribution is 0.671. The van der Waals surface area contributed by atoms with Crippen LogP contribution in [-0.2, 0) is 13.0 Å². The van der Waals surface area contributed by atoms with Gasteiger partial charge in [-0.15, -0.1) is 11.3 Å². The number of aromatic nitrogens is 2. The highest BCUT2D eigenvalue weighted by Crippen LogP contribution is 2.08. The van der Waals surface area contributed by atoms with Gasteiger partial charge in [0.05, 0.1) is 22.1 Å². The summed E-state index contributed by atoms with van der Waals surface area (Å²) < 4.78 is 0. The summed E-state index contributed by atoms with van der Waals surface area (Å²) in [6.07, 6.45) is 2.70. The van der Waals surface area contributed by atoms with Crippen LogP contribution in [0.4, 0.5) is 5.69 Å². The summed E-state index contributed by atoms with van der Waals surface area (Å²) in [6, 6.07) is 3.71. The van der Waals surface area contributed by atoms with Crippen LogP contribution in [0.1, 0.15) is 16.4 Å². The summed E-state index contributed by atoms with van der Waals surface area (Å²) >= 11 is 1.69. The molecule has 0 aliphatic rings. The van der Waals surface area contributed by atoms with E-state index in [1.165, 1.54) is 0 Å². The standard InChI is InChI=1S/C12H16N4S/c1-9-16-10(8-17-9)4-6-14-7-12-11(13)3-2-5-15-12/h2-3,5,8,14H,4,6-7,13H2,1H3. The molecule has 0 aromatic carbocycles. The fraction of sp³-hybridized carbons (Fsp3) is 0.333. The van der Waals surface area contributed by atoms with Crippen LogP contribution >= 0.6 is 11.3 Å². The van der Waals surface area contributed by atoms with Crippen molar-refractivity contribution < 1.29 is 0 Å². The minimum Gasteiger partial charge on any atom is -0.397 e. The maximum atomic E-state index is 5.80. The zero-order valence-corrected chi connectivity index (χ0v) is 10.6. The van der Waals surface area contributed by atoms with Crippen molar-refractivity contribution in [2.45, 2.75) is 19.9 Å². The molecule has 2 heterocycles. The van der Waals surface area contributed by atoms with Crippen LogP contribution in [0.25, 0.3) is 0 Å². The average molecular weight is 248 g/mol. The largest absolute Gasteiger partial charge is 0.397 e. The van der Waals surface area contributed by atoms with Gasteiger partial charge < -0.3 is 11.1 Å². The summed E-state index contributed by atoms with van der Waals surface area (Å²) in [5.74, 6) is 0. The number of rotatable bonds is 5. The van der Waals surface area contributed by atoms with Crippen LogP contribution in [0.2, 0.25) is 0 Å². The Kier molecular flexibility index (Phi) is 4.06. The van der Waals surface area contributed by atoms with Crippen molar-refractivity contribution in [1.29, 1.82) is 0 Å². The van der Waals surface area contributed by atoms with E-state index in [9.17, 15) is 0 Å². The molecule has 2 aromatic heterocycles. The second-order valence-corrected chi connectivity index (χ2v) is 4.89. The van der Waals surface area contributed by atoms with E-state index in [0.29, 0.717) is 6.54 Å². The second kappa shape index (κ2) is 5.75. The van der Waals surface area contributed by atoms with E-state index < -0.39 is 0 Å². The topological polar surface area (TPSA) is 63.8 Å². The average Bonchev–Trinajstić information content (AvgIpc) is 2.73. The Morgan fingerprint density at radius 2 is 2.35 bits per heavy atom. The van der Waals surface area contributed by atoms with Gasteiger partial charge in [0.2, 0.25) is 0 Å². The number of pyridine rings is 1. The zero-order valence-electron chi connectivity index (χ0n) is 9.81. The molecule has 4 nitrogen and oxygen atoms in total. The highest BCUT2D eigenvalue weighted by molar-refractivity contribution is 7.09. The Balaban J connectivity index is 1.75. The molecule has 0 spiro atoms. The molecule has 2 aromatic rings. The van der Waals surface area contributed by atoms with Crippen molar-refractivity contribution in [3.63, 3.8) is 0 Å². The van der Waals surface area contributed by atoms with Gasteiger partial charge in [0.15, 0.2) is 0 Å². The summed E-state index contributed by atoms with van der Waals surface area (Å²) in [5.41, 5.74) is 8.60. The molecule has 3 N–H and O–H groups in total. The summed E-state index contributed by atoms with van der Waals surface area (Å²) in [5, 5.41) is 6.55. The lowest BCUT2D eigenvalue weighted by Gasteiger charge is -2.05. The molecule has 0 bridgehead atoms. The van der Waals surface area contributed by atoms with Crippen molar-refractivity contribution in [3.05, 3.63) is 40.1 Å². The van der Waals surface area contributed by atoms with E-state index in [-0.39, 0.29) is 0 Å². The van der Waals surface area contributed by atoms with E-state index in [2.05, 4.69) is 20.7 Å².